The van der Waals surface area contributed by atoms with E-state index in [4.69, 9.17) is 4.42 Å². The van der Waals surface area contributed by atoms with Gasteiger partial charge >= 0.3 is 0 Å². The van der Waals surface area contributed by atoms with E-state index in [1.54, 1.807) is 25.1 Å². The molecule has 1 heterocycles. The average Bonchev–Trinajstić information content (AvgIpc) is 3.00. The fourth-order valence-corrected chi connectivity index (χ4v) is 5.27. The molecule has 3 rings (SSSR count). The van der Waals surface area contributed by atoms with Gasteiger partial charge < -0.3 is 9.73 Å². The fourth-order valence-electron chi connectivity index (χ4n) is 3.79. The Bertz CT molecular complexity index is 923. The second-order valence-corrected chi connectivity index (χ2v) is 9.05. The molecule has 0 aliphatic heterocycles. The van der Waals surface area contributed by atoms with Crippen LogP contribution in [-0.4, -0.2) is 37.8 Å². The number of hydrogen-bond donors (Lipinski definition) is 1. The Kier molecular flexibility index (Phi) is 5.91. The molecule has 27 heavy (non-hydrogen) atoms. The number of benzene rings is 1. The Morgan fingerprint density at radius 1 is 1.19 bits per heavy atom. The average molecular weight is 393 g/mol. The van der Waals surface area contributed by atoms with E-state index in [-0.39, 0.29) is 22.6 Å². The van der Waals surface area contributed by atoms with Crippen molar-refractivity contribution in [2.75, 3.05) is 13.1 Å². The molecule has 2 aromatic rings. The van der Waals surface area contributed by atoms with Gasteiger partial charge in [0.25, 0.3) is 5.91 Å². The molecular formula is C20H28N2O4S. The van der Waals surface area contributed by atoms with Crippen LogP contribution in [0.1, 0.15) is 62.1 Å². The van der Waals surface area contributed by atoms with Crippen molar-refractivity contribution in [2.45, 2.75) is 63.8 Å². The quantitative estimate of drug-likeness (QED) is 0.810. The van der Waals surface area contributed by atoms with Crippen molar-refractivity contribution in [1.29, 1.82) is 0 Å². The van der Waals surface area contributed by atoms with Crippen LogP contribution < -0.4 is 5.32 Å². The second kappa shape index (κ2) is 8.02. The zero-order valence-corrected chi connectivity index (χ0v) is 17.1. The maximum absolute atomic E-state index is 12.8. The molecule has 1 amide bonds. The molecule has 0 bridgehead atoms. The summed E-state index contributed by atoms with van der Waals surface area (Å²) in [7, 11) is -3.55. The molecule has 0 spiro atoms. The van der Waals surface area contributed by atoms with Crippen LogP contribution in [0.3, 0.4) is 0 Å². The van der Waals surface area contributed by atoms with Gasteiger partial charge in [-0.25, -0.2) is 8.42 Å². The van der Waals surface area contributed by atoms with E-state index < -0.39 is 10.0 Å². The summed E-state index contributed by atoms with van der Waals surface area (Å²) in [5, 5.41) is 3.72. The molecule has 7 heteroatoms. The molecule has 0 saturated heterocycles. The highest BCUT2D eigenvalue weighted by Gasteiger charge is 2.25. The standard InChI is InChI=1S/C20H28N2O4S/c1-4-22(5-2)27(24,25)16-11-12-18-17(13-16)14(3)19(26-18)20(23)21-15-9-7-6-8-10-15/h11-13,15H,4-10H2,1-3H3,(H,21,23). The van der Waals surface area contributed by atoms with E-state index in [0.29, 0.717) is 29.6 Å². The normalized spacial score (nSPS) is 16.1. The van der Waals surface area contributed by atoms with Gasteiger partial charge in [0.1, 0.15) is 5.58 Å². The largest absolute Gasteiger partial charge is 0.451 e. The summed E-state index contributed by atoms with van der Waals surface area (Å²) >= 11 is 0. The number of carbonyl (C=O) groups is 1. The van der Waals surface area contributed by atoms with E-state index in [2.05, 4.69) is 5.32 Å². The number of amides is 1. The van der Waals surface area contributed by atoms with Gasteiger partial charge in [-0.2, -0.15) is 4.31 Å². The van der Waals surface area contributed by atoms with Gasteiger partial charge in [-0.05, 0) is 38.0 Å². The predicted molar refractivity (Wildman–Crippen MR) is 105 cm³/mol. The number of furan rings is 1. The second-order valence-electron chi connectivity index (χ2n) is 7.11. The molecular weight excluding hydrogens is 364 g/mol. The number of hydrogen-bond acceptors (Lipinski definition) is 4. The molecule has 1 N–H and O–H groups in total. The molecule has 1 aliphatic rings. The van der Waals surface area contributed by atoms with Crippen LogP contribution in [0, 0.1) is 6.92 Å². The number of aryl methyl sites for hydroxylation is 1. The van der Waals surface area contributed by atoms with Gasteiger partial charge in [0.2, 0.25) is 10.0 Å². The minimum Gasteiger partial charge on any atom is -0.451 e. The molecule has 6 nitrogen and oxygen atoms in total. The van der Waals surface area contributed by atoms with Crippen molar-refractivity contribution >= 4 is 26.9 Å². The van der Waals surface area contributed by atoms with E-state index in [1.807, 2.05) is 13.8 Å². The Hall–Kier alpha value is -1.86. The monoisotopic (exact) mass is 392 g/mol. The Morgan fingerprint density at radius 3 is 2.48 bits per heavy atom. The van der Waals surface area contributed by atoms with Crippen LogP contribution in [0.4, 0.5) is 0 Å². The lowest BCUT2D eigenvalue weighted by molar-refractivity contribution is 0.0901. The first-order valence-electron chi connectivity index (χ1n) is 9.72. The molecule has 1 aliphatic carbocycles. The van der Waals surface area contributed by atoms with Crippen LogP contribution in [-0.2, 0) is 10.0 Å². The summed E-state index contributed by atoms with van der Waals surface area (Å²) in [6, 6.07) is 4.98. The summed E-state index contributed by atoms with van der Waals surface area (Å²) in [6.07, 6.45) is 5.49. The lowest BCUT2D eigenvalue weighted by atomic mass is 9.95. The van der Waals surface area contributed by atoms with Crippen molar-refractivity contribution in [2.24, 2.45) is 0 Å². The summed E-state index contributed by atoms with van der Waals surface area (Å²) < 4.78 is 32.7. The van der Waals surface area contributed by atoms with Gasteiger partial charge in [0.05, 0.1) is 4.90 Å². The lowest BCUT2D eigenvalue weighted by Gasteiger charge is -2.22. The van der Waals surface area contributed by atoms with Gasteiger partial charge in [-0.1, -0.05) is 33.1 Å². The maximum Gasteiger partial charge on any atom is 0.287 e. The summed E-state index contributed by atoms with van der Waals surface area (Å²) in [4.78, 5) is 12.9. The number of nitrogens with zero attached hydrogens (tertiary/aromatic N) is 1. The number of nitrogens with one attached hydrogen (secondary N) is 1. The van der Waals surface area contributed by atoms with Gasteiger partial charge in [-0.15, -0.1) is 0 Å². The van der Waals surface area contributed by atoms with Crippen molar-refractivity contribution in [3.63, 3.8) is 0 Å². The first kappa shape index (κ1) is 19.9. The number of sulfonamides is 1. The Morgan fingerprint density at radius 2 is 1.85 bits per heavy atom. The topological polar surface area (TPSA) is 79.6 Å². The number of carbonyl (C=O) groups excluding carboxylic acids is 1. The molecule has 0 unspecified atom stereocenters. The molecule has 0 radical (unpaired) electrons. The zero-order chi connectivity index (χ0) is 19.6. The molecule has 148 valence electrons. The van der Waals surface area contributed by atoms with Crippen LogP contribution in [0.25, 0.3) is 11.0 Å². The first-order chi connectivity index (χ1) is 12.9. The van der Waals surface area contributed by atoms with Gasteiger partial charge in [0, 0.05) is 30.1 Å². The van der Waals surface area contributed by atoms with Crippen LogP contribution in [0.2, 0.25) is 0 Å². The third-order valence-corrected chi connectivity index (χ3v) is 7.44. The highest BCUT2D eigenvalue weighted by molar-refractivity contribution is 7.89. The van der Waals surface area contributed by atoms with Crippen LogP contribution in [0.15, 0.2) is 27.5 Å². The molecule has 1 aromatic heterocycles. The van der Waals surface area contributed by atoms with E-state index in [9.17, 15) is 13.2 Å². The summed E-state index contributed by atoms with van der Waals surface area (Å²) in [5.41, 5.74) is 1.20. The smallest absolute Gasteiger partial charge is 0.287 e. The van der Waals surface area contributed by atoms with Crippen LogP contribution >= 0.6 is 0 Å². The SMILES string of the molecule is CCN(CC)S(=O)(=O)c1ccc2oc(C(=O)NC3CCCCC3)c(C)c2c1. The van der Waals surface area contributed by atoms with Crippen LogP contribution in [0.5, 0.6) is 0 Å². The van der Waals surface area contributed by atoms with Gasteiger partial charge in [-0.3, -0.25) is 4.79 Å². The predicted octanol–water partition coefficient (Wildman–Crippen LogP) is 3.83. The number of fused-ring (bicyclic) bond motifs is 1. The minimum absolute atomic E-state index is 0.192. The van der Waals surface area contributed by atoms with E-state index >= 15 is 0 Å². The molecule has 1 aromatic carbocycles. The molecule has 0 atom stereocenters. The first-order valence-corrected chi connectivity index (χ1v) is 11.2. The number of rotatable bonds is 6. The maximum atomic E-state index is 12.8. The van der Waals surface area contributed by atoms with Crippen molar-refractivity contribution < 1.29 is 17.6 Å². The van der Waals surface area contributed by atoms with Crippen molar-refractivity contribution in [1.82, 2.24) is 9.62 Å². The summed E-state index contributed by atoms with van der Waals surface area (Å²) in [5.74, 6) is 0.0525. The zero-order valence-electron chi connectivity index (χ0n) is 16.2. The third-order valence-electron chi connectivity index (χ3n) is 5.40. The van der Waals surface area contributed by atoms with Crippen molar-refractivity contribution in [3.8, 4) is 0 Å². The Balaban J connectivity index is 1.92. The molecule has 1 fully saturated rings. The fraction of sp³-hybridized carbons (Fsp3) is 0.550. The highest BCUT2D eigenvalue weighted by Crippen LogP contribution is 2.29. The Labute approximate surface area is 161 Å². The lowest BCUT2D eigenvalue weighted by Crippen LogP contribution is -2.36. The third kappa shape index (κ3) is 3.89. The highest BCUT2D eigenvalue weighted by atomic mass is 32.2. The minimum atomic E-state index is -3.55. The van der Waals surface area contributed by atoms with Crippen molar-refractivity contribution in [3.05, 3.63) is 29.5 Å². The molecule has 1 saturated carbocycles. The van der Waals surface area contributed by atoms with E-state index in [1.165, 1.54) is 10.7 Å². The summed E-state index contributed by atoms with van der Waals surface area (Å²) in [6.45, 7) is 6.26. The van der Waals surface area contributed by atoms with E-state index in [0.717, 1.165) is 25.7 Å². The van der Waals surface area contributed by atoms with Gasteiger partial charge in [0.15, 0.2) is 5.76 Å².